The molecule has 0 spiro atoms. The van der Waals surface area contributed by atoms with Crippen LogP contribution < -0.4 is 5.32 Å². The van der Waals surface area contributed by atoms with Crippen LogP contribution in [0.15, 0.2) is 12.3 Å². The molecule has 0 saturated carbocycles. The lowest BCUT2D eigenvalue weighted by Gasteiger charge is -2.23. The van der Waals surface area contributed by atoms with E-state index in [-0.39, 0.29) is 0 Å². The molecule has 0 radical (unpaired) electrons. The SMILES string of the molecule is Cn1ncc2c1CCCC2NCc1cc2c(s1)CCC2. The highest BCUT2D eigenvalue weighted by molar-refractivity contribution is 7.12. The monoisotopic (exact) mass is 287 g/mol. The van der Waals surface area contributed by atoms with Crippen molar-refractivity contribution in [3.63, 3.8) is 0 Å². The second-order valence-corrected chi connectivity index (χ2v) is 7.23. The highest BCUT2D eigenvalue weighted by Crippen LogP contribution is 2.32. The van der Waals surface area contributed by atoms with E-state index in [1.807, 2.05) is 16.0 Å². The Balaban J connectivity index is 1.47. The molecule has 0 saturated heterocycles. The second-order valence-electron chi connectivity index (χ2n) is 6.01. The summed E-state index contributed by atoms with van der Waals surface area (Å²) in [7, 11) is 2.06. The van der Waals surface area contributed by atoms with E-state index >= 15 is 0 Å². The highest BCUT2D eigenvalue weighted by atomic mass is 32.1. The molecule has 2 aliphatic carbocycles. The molecular formula is C16H21N3S. The summed E-state index contributed by atoms with van der Waals surface area (Å²) in [6.45, 7) is 1.01. The Morgan fingerprint density at radius 3 is 3.20 bits per heavy atom. The van der Waals surface area contributed by atoms with Crippen molar-refractivity contribution in [1.82, 2.24) is 15.1 Å². The van der Waals surface area contributed by atoms with Gasteiger partial charge < -0.3 is 5.32 Å². The largest absolute Gasteiger partial charge is 0.305 e. The van der Waals surface area contributed by atoms with Gasteiger partial charge in [-0.05, 0) is 50.2 Å². The molecule has 4 rings (SSSR count). The zero-order chi connectivity index (χ0) is 13.5. The minimum Gasteiger partial charge on any atom is -0.305 e. The summed E-state index contributed by atoms with van der Waals surface area (Å²) in [6.07, 6.45) is 9.70. The molecule has 4 heteroatoms. The van der Waals surface area contributed by atoms with Crippen LogP contribution in [0.2, 0.25) is 0 Å². The molecule has 2 aliphatic rings. The van der Waals surface area contributed by atoms with E-state index in [9.17, 15) is 0 Å². The fourth-order valence-corrected chi connectivity index (χ4v) is 4.83. The first kappa shape index (κ1) is 12.6. The van der Waals surface area contributed by atoms with E-state index in [1.54, 1.807) is 10.4 Å². The van der Waals surface area contributed by atoms with E-state index < -0.39 is 0 Å². The van der Waals surface area contributed by atoms with Crippen LogP contribution in [0.25, 0.3) is 0 Å². The van der Waals surface area contributed by atoms with Crippen LogP contribution in [-0.2, 0) is 32.9 Å². The summed E-state index contributed by atoms with van der Waals surface area (Å²) in [4.78, 5) is 3.14. The quantitative estimate of drug-likeness (QED) is 0.940. The number of fused-ring (bicyclic) bond motifs is 2. The van der Waals surface area contributed by atoms with Gasteiger partial charge in [-0.1, -0.05) is 0 Å². The van der Waals surface area contributed by atoms with Crippen molar-refractivity contribution in [1.29, 1.82) is 0 Å². The third-order valence-electron chi connectivity index (χ3n) is 4.70. The first-order valence-electron chi connectivity index (χ1n) is 7.66. The van der Waals surface area contributed by atoms with Crippen LogP contribution >= 0.6 is 11.3 Å². The van der Waals surface area contributed by atoms with Crippen molar-refractivity contribution < 1.29 is 0 Å². The summed E-state index contributed by atoms with van der Waals surface area (Å²) >= 11 is 2.01. The smallest absolute Gasteiger partial charge is 0.0540 e. The van der Waals surface area contributed by atoms with E-state index in [1.165, 1.54) is 54.7 Å². The average Bonchev–Trinajstić information content (AvgIpc) is 3.11. The van der Waals surface area contributed by atoms with Gasteiger partial charge in [0.2, 0.25) is 0 Å². The topological polar surface area (TPSA) is 29.9 Å². The normalized spacial score (nSPS) is 20.9. The van der Waals surface area contributed by atoms with Gasteiger partial charge in [0.1, 0.15) is 0 Å². The number of hydrogen-bond donors (Lipinski definition) is 1. The van der Waals surface area contributed by atoms with Crippen LogP contribution in [0.1, 0.15) is 51.9 Å². The highest BCUT2D eigenvalue weighted by Gasteiger charge is 2.23. The molecule has 106 valence electrons. The van der Waals surface area contributed by atoms with Crippen LogP contribution in [-0.4, -0.2) is 9.78 Å². The summed E-state index contributed by atoms with van der Waals surface area (Å²) in [5.41, 5.74) is 4.45. The van der Waals surface area contributed by atoms with Gasteiger partial charge in [-0.25, -0.2) is 0 Å². The lowest BCUT2D eigenvalue weighted by Crippen LogP contribution is -2.24. The van der Waals surface area contributed by atoms with Crippen LogP contribution in [0.4, 0.5) is 0 Å². The van der Waals surface area contributed by atoms with Crippen LogP contribution in [0, 0.1) is 0 Å². The van der Waals surface area contributed by atoms with Crippen molar-refractivity contribution in [2.24, 2.45) is 7.05 Å². The molecule has 2 aromatic rings. The van der Waals surface area contributed by atoms with Gasteiger partial charge in [0.25, 0.3) is 0 Å². The van der Waals surface area contributed by atoms with E-state index in [2.05, 4.69) is 29.7 Å². The Hall–Kier alpha value is -1.13. The number of aryl methyl sites for hydroxylation is 3. The Morgan fingerprint density at radius 1 is 1.35 bits per heavy atom. The zero-order valence-electron chi connectivity index (χ0n) is 12.0. The summed E-state index contributed by atoms with van der Waals surface area (Å²) in [5, 5.41) is 8.18. The van der Waals surface area contributed by atoms with E-state index in [0.717, 1.165) is 6.54 Å². The van der Waals surface area contributed by atoms with Gasteiger partial charge >= 0.3 is 0 Å². The van der Waals surface area contributed by atoms with Gasteiger partial charge in [0, 0.05) is 40.6 Å². The average molecular weight is 287 g/mol. The molecule has 2 aromatic heterocycles. The standard InChI is InChI=1S/C16H21N3S/c1-19-15-6-3-5-14(13(15)10-18-19)17-9-12-8-11-4-2-7-16(11)20-12/h8,10,14,17H,2-7,9H2,1H3. The number of hydrogen-bond acceptors (Lipinski definition) is 3. The summed E-state index contributed by atoms with van der Waals surface area (Å²) in [6, 6.07) is 2.91. The molecule has 0 aromatic carbocycles. The van der Waals surface area contributed by atoms with Crippen LogP contribution in [0.3, 0.4) is 0 Å². The maximum absolute atomic E-state index is 4.42. The first-order chi connectivity index (χ1) is 9.81. The molecular weight excluding hydrogens is 266 g/mol. The van der Waals surface area contributed by atoms with Crippen molar-refractivity contribution in [3.05, 3.63) is 38.8 Å². The third-order valence-corrected chi connectivity index (χ3v) is 5.93. The minimum atomic E-state index is 0.490. The molecule has 0 amide bonds. The predicted octanol–water partition coefficient (Wildman–Crippen LogP) is 3.14. The van der Waals surface area contributed by atoms with Gasteiger partial charge in [0.05, 0.1) is 6.20 Å². The van der Waals surface area contributed by atoms with Gasteiger partial charge in [0.15, 0.2) is 0 Å². The molecule has 1 N–H and O–H groups in total. The number of thiophene rings is 1. The van der Waals surface area contributed by atoms with Crippen LogP contribution in [0.5, 0.6) is 0 Å². The molecule has 0 fully saturated rings. The van der Waals surface area contributed by atoms with Gasteiger partial charge in [-0.3, -0.25) is 4.68 Å². The number of nitrogens with zero attached hydrogens (tertiary/aromatic N) is 2. The maximum atomic E-state index is 4.42. The number of aromatic nitrogens is 2. The molecule has 20 heavy (non-hydrogen) atoms. The molecule has 0 bridgehead atoms. The molecule has 3 nitrogen and oxygen atoms in total. The fraction of sp³-hybridized carbons (Fsp3) is 0.562. The van der Waals surface area contributed by atoms with Crippen molar-refractivity contribution in [3.8, 4) is 0 Å². The lowest BCUT2D eigenvalue weighted by molar-refractivity contribution is 0.453. The Labute approximate surface area is 124 Å². The van der Waals surface area contributed by atoms with Gasteiger partial charge in [-0.15, -0.1) is 11.3 Å². The van der Waals surface area contributed by atoms with E-state index in [0.29, 0.717) is 6.04 Å². The van der Waals surface area contributed by atoms with Crippen molar-refractivity contribution in [2.75, 3.05) is 0 Å². The molecule has 2 heterocycles. The molecule has 1 unspecified atom stereocenters. The third kappa shape index (κ3) is 2.11. The lowest BCUT2D eigenvalue weighted by atomic mass is 9.93. The zero-order valence-corrected chi connectivity index (χ0v) is 12.8. The Bertz CT molecular complexity index is 604. The van der Waals surface area contributed by atoms with E-state index in [4.69, 9.17) is 0 Å². The van der Waals surface area contributed by atoms with Crippen molar-refractivity contribution in [2.45, 2.75) is 51.1 Å². The number of nitrogens with one attached hydrogen (secondary N) is 1. The Kier molecular flexibility index (Phi) is 3.15. The maximum Gasteiger partial charge on any atom is 0.0540 e. The first-order valence-corrected chi connectivity index (χ1v) is 8.47. The number of rotatable bonds is 3. The summed E-state index contributed by atoms with van der Waals surface area (Å²) < 4.78 is 2.04. The Morgan fingerprint density at radius 2 is 2.30 bits per heavy atom. The minimum absolute atomic E-state index is 0.490. The predicted molar refractivity (Wildman–Crippen MR) is 82.1 cm³/mol. The molecule has 1 atom stereocenters. The molecule has 0 aliphatic heterocycles. The second kappa shape index (κ2) is 5.01. The summed E-state index contributed by atoms with van der Waals surface area (Å²) in [5.74, 6) is 0. The fourth-order valence-electron chi connectivity index (χ4n) is 3.62. The van der Waals surface area contributed by atoms with Crippen molar-refractivity contribution >= 4 is 11.3 Å². The van der Waals surface area contributed by atoms with Gasteiger partial charge in [-0.2, -0.15) is 5.10 Å².